The van der Waals surface area contributed by atoms with Crippen LogP contribution < -0.4 is 4.74 Å². The van der Waals surface area contributed by atoms with Gasteiger partial charge in [0.25, 0.3) is 0 Å². The van der Waals surface area contributed by atoms with Crippen molar-refractivity contribution in [3.63, 3.8) is 0 Å². The van der Waals surface area contributed by atoms with E-state index in [0.29, 0.717) is 0 Å². The number of ether oxygens (including phenoxy) is 1. The minimum Gasteiger partial charge on any atom is -0.497 e. The minimum atomic E-state index is -0.432. The molecule has 2 aliphatic heterocycles. The van der Waals surface area contributed by atoms with Crippen LogP contribution in [0.5, 0.6) is 5.75 Å². The molecule has 140 valence electrons. The maximum Gasteiger partial charge on any atom is 0.119 e. The van der Waals surface area contributed by atoms with Gasteiger partial charge in [-0.3, -0.25) is 0 Å². The van der Waals surface area contributed by atoms with Crippen molar-refractivity contribution >= 4 is 0 Å². The van der Waals surface area contributed by atoms with Crippen LogP contribution in [0.2, 0.25) is 0 Å². The Hall–Kier alpha value is -1.10. The van der Waals surface area contributed by atoms with Crippen molar-refractivity contribution in [3.8, 4) is 5.75 Å². The smallest absolute Gasteiger partial charge is 0.119 e. The fourth-order valence-corrected chi connectivity index (χ4v) is 4.30. The van der Waals surface area contributed by atoms with E-state index >= 15 is 0 Å². The van der Waals surface area contributed by atoms with Gasteiger partial charge in [0.1, 0.15) is 5.75 Å². The van der Waals surface area contributed by atoms with E-state index in [2.05, 4.69) is 9.80 Å². The lowest BCUT2D eigenvalue weighted by molar-refractivity contribution is 0.0443. The van der Waals surface area contributed by atoms with Gasteiger partial charge >= 0.3 is 0 Å². The zero-order valence-corrected chi connectivity index (χ0v) is 15.7. The third-order valence-electron chi connectivity index (χ3n) is 5.76. The van der Waals surface area contributed by atoms with E-state index in [9.17, 15) is 5.11 Å². The number of aliphatic hydroxyl groups excluding tert-OH is 1. The van der Waals surface area contributed by atoms with E-state index in [1.54, 1.807) is 7.11 Å². The van der Waals surface area contributed by atoms with Gasteiger partial charge in [-0.1, -0.05) is 25.0 Å². The van der Waals surface area contributed by atoms with Gasteiger partial charge in [0, 0.05) is 19.0 Å². The SMILES string of the molecule is COc1cccc([C@@H](O)C(CN2CCCCC2)CN2CCCCC2)c1. The van der Waals surface area contributed by atoms with Gasteiger partial charge in [0.05, 0.1) is 13.2 Å². The van der Waals surface area contributed by atoms with Crippen molar-refractivity contribution in [1.29, 1.82) is 0 Å². The Bertz CT molecular complexity index is 490. The first-order valence-electron chi connectivity index (χ1n) is 10.0. The molecule has 1 atom stereocenters. The molecule has 1 aromatic carbocycles. The summed E-state index contributed by atoms with van der Waals surface area (Å²) < 4.78 is 5.35. The molecule has 2 heterocycles. The topological polar surface area (TPSA) is 35.9 Å². The molecule has 2 aliphatic rings. The molecule has 0 bridgehead atoms. The first-order chi connectivity index (χ1) is 12.3. The highest BCUT2D eigenvalue weighted by Gasteiger charge is 2.27. The summed E-state index contributed by atoms with van der Waals surface area (Å²) in [5.41, 5.74) is 0.985. The predicted molar refractivity (Wildman–Crippen MR) is 102 cm³/mol. The van der Waals surface area contributed by atoms with Crippen molar-refractivity contribution in [2.24, 2.45) is 5.92 Å². The second kappa shape index (κ2) is 9.56. The number of nitrogens with zero attached hydrogens (tertiary/aromatic N) is 2. The van der Waals surface area contributed by atoms with E-state index in [0.717, 1.165) is 24.4 Å². The van der Waals surface area contributed by atoms with Gasteiger partial charge in [-0.2, -0.15) is 0 Å². The van der Waals surface area contributed by atoms with Gasteiger partial charge < -0.3 is 19.6 Å². The van der Waals surface area contributed by atoms with Gasteiger partial charge in [-0.05, 0) is 69.6 Å². The van der Waals surface area contributed by atoms with E-state index in [1.165, 1.54) is 64.7 Å². The third-order valence-corrected chi connectivity index (χ3v) is 5.76. The number of rotatable bonds is 7. The zero-order valence-electron chi connectivity index (χ0n) is 15.7. The number of aliphatic hydroxyl groups is 1. The molecule has 2 saturated heterocycles. The van der Waals surface area contributed by atoms with Crippen LogP contribution in [-0.4, -0.2) is 61.3 Å². The molecule has 3 rings (SSSR count). The predicted octanol–water partition coefficient (Wildman–Crippen LogP) is 3.32. The normalized spacial score (nSPS) is 21.4. The van der Waals surface area contributed by atoms with Crippen molar-refractivity contribution in [3.05, 3.63) is 29.8 Å². The quantitative estimate of drug-likeness (QED) is 0.822. The minimum absolute atomic E-state index is 0.253. The molecule has 4 nitrogen and oxygen atoms in total. The maximum atomic E-state index is 11.2. The summed E-state index contributed by atoms with van der Waals surface area (Å²) in [5.74, 6) is 1.08. The molecule has 0 unspecified atom stereocenters. The van der Waals surface area contributed by atoms with Crippen LogP contribution in [0.25, 0.3) is 0 Å². The number of piperidine rings is 2. The summed E-state index contributed by atoms with van der Waals surface area (Å²) in [6.07, 6.45) is 7.46. The number of benzene rings is 1. The Balaban J connectivity index is 1.70. The summed E-state index contributed by atoms with van der Waals surface area (Å²) in [5, 5.41) is 11.2. The Morgan fingerprint density at radius 2 is 1.48 bits per heavy atom. The van der Waals surface area contributed by atoms with Crippen molar-refractivity contribution in [2.75, 3.05) is 46.4 Å². The number of hydrogen-bond donors (Lipinski definition) is 1. The van der Waals surface area contributed by atoms with Crippen LogP contribution in [0.15, 0.2) is 24.3 Å². The Kier molecular flexibility index (Phi) is 7.14. The molecule has 0 amide bonds. The number of likely N-dealkylation sites (tertiary alicyclic amines) is 2. The highest BCUT2D eigenvalue weighted by molar-refractivity contribution is 5.30. The zero-order chi connectivity index (χ0) is 17.5. The summed E-state index contributed by atoms with van der Waals surface area (Å²) in [6.45, 7) is 6.72. The molecular weight excluding hydrogens is 312 g/mol. The van der Waals surface area contributed by atoms with Crippen LogP contribution in [0, 0.1) is 5.92 Å². The second-order valence-corrected chi connectivity index (χ2v) is 7.70. The van der Waals surface area contributed by atoms with E-state index in [1.807, 2.05) is 24.3 Å². The average molecular weight is 347 g/mol. The van der Waals surface area contributed by atoms with Crippen LogP contribution >= 0.6 is 0 Å². The Labute approximate surface area is 152 Å². The van der Waals surface area contributed by atoms with E-state index < -0.39 is 6.10 Å². The summed E-state index contributed by atoms with van der Waals surface area (Å²) in [7, 11) is 1.68. The highest BCUT2D eigenvalue weighted by Crippen LogP contribution is 2.28. The largest absolute Gasteiger partial charge is 0.497 e. The molecule has 0 radical (unpaired) electrons. The van der Waals surface area contributed by atoms with Crippen molar-refractivity contribution in [2.45, 2.75) is 44.6 Å². The monoisotopic (exact) mass is 346 g/mol. The van der Waals surface area contributed by atoms with Crippen LogP contribution in [-0.2, 0) is 0 Å². The van der Waals surface area contributed by atoms with Gasteiger partial charge in [-0.25, -0.2) is 0 Å². The lowest BCUT2D eigenvalue weighted by Gasteiger charge is -2.36. The van der Waals surface area contributed by atoms with Crippen LogP contribution in [0.1, 0.15) is 50.2 Å². The van der Waals surface area contributed by atoms with E-state index in [4.69, 9.17) is 4.74 Å². The second-order valence-electron chi connectivity index (χ2n) is 7.70. The first kappa shape index (κ1) is 18.7. The maximum absolute atomic E-state index is 11.2. The standard InChI is InChI=1S/C21H34N2O2/c1-25-20-10-8-9-18(15-20)21(24)19(16-22-11-4-2-5-12-22)17-23-13-6-3-7-14-23/h8-10,15,19,21,24H,2-7,11-14,16-17H2,1H3/t21-/m1/s1. The molecule has 0 aromatic heterocycles. The molecule has 1 N–H and O–H groups in total. The van der Waals surface area contributed by atoms with Gasteiger partial charge in [-0.15, -0.1) is 0 Å². The summed E-state index contributed by atoms with van der Waals surface area (Å²) >= 11 is 0. The Morgan fingerprint density at radius 3 is 2.00 bits per heavy atom. The third kappa shape index (κ3) is 5.44. The Morgan fingerprint density at radius 1 is 0.920 bits per heavy atom. The number of methoxy groups -OCH3 is 1. The van der Waals surface area contributed by atoms with Crippen molar-refractivity contribution < 1.29 is 9.84 Å². The van der Waals surface area contributed by atoms with Crippen molar-refractivity contribution in [1.82, 2.24) is 9.80 Å². The average Bonchev–Trinajstić information content (AvgIpc) is 2.68. The molecule has 2 fully saturated rings. The van der Waals surface area contributed by atoms with E-state index in [-0.39, 0.29) is 5.92 Å². The molecule has 0 aliphatic carbocycles. The fraction of sp³-hybridized carbons (Fsp3) is 0.714. The van der Waals surface area contributed by atoms with Crippen LogP contribution in [0.4, 0.5) is 0 Å². The molecule has 4 heteroatoms. The lowest BCUT2D eigenvalue weighted by atomic mass is 9.93. The molecule has 0 spiro atoms. The van der Waals surface area contributed by atoms with Crippen LogP contribution in [0.3, 0.4) is 0 Å². The molecule has 25 heavy (non-hydrogen) atoms. The number of hydrogen-bond acceptors (Lipinski definition) is 4. The highest BCUT2D eigenvalue weighted by atomic mass is 16.5. The molecular formula is C21H34N2O2. The first-order valence-corrected chi connectivity index (χ1v) is 10.0. The fourth-order valence-electron chi connectivity index (χ4n) is 4.30. The summed E-state index contributed by atoms with van der Waals surface area (Å²) in [6, 6.07) is 7.95. The van der Waals surface area contributed by atoms with Gasteiger partial charge in [0.15, 0.2) is 0 Å². The molecule has 1 aromatic rings. The lowest BCUT2D eigenvalue weighted by Crippen LogP contribution is -2.42. The summed E-state index contributed by atoms with van der Waals surface area (Å²) in [4.78, 5) is 5.11. The van der Waals surface area contributed by atoms with Gasteiger partial charge in [0.2, 0.25) is 0 Å². The molecule has 0 saturated carbocycles.